The summed E-state index contributed by atoms with van der Waals surface area (Å²) >= 11 is 0. The van der Waals surface area contributed by atoms with Gasteiger partial charge in [0.15, 0.2) is 0 Å². The Balaban J connectivity index is 2.21. The molecule has 1 aliphatic heterocycles. The van der Waals surface area contributed by atoms with Crippen LogP contribution < -0.4 is 59.7 Å². The minimum absolute atomic E-state index is 0.00216. The number of hydrogen-bond donors (Lipinski definition) is 14. The van der Waals surface area contributed by atoms with Gasteiger partial charge in [0.25, 0.3) is 0 Å². The number of carbonyl (C=O) groups is 12. The van der Waals surface area contributed by atoms with E-state index in [2.05, 4.69) is 42.5 Å². The third-order valence-corrected chi connectivity index (χ3v) is 11.7. The van der Waals surface area contributed by atoms with Gasteiger partial charge in [0.2, 0.25) is 59.1 Å². The summed E-state index contributed by atoms with van der Waals surface area (Å²) in [5.41, 5.74) is 17.6. The number of aromatic hydroxyl groups is 1. The number of nitrogens with one attached hydrogen (secondary N) is 8. The van der Waals surface area contributed by atoms with E-state index in [-0.39, 0.29) is 62.8 Å². The molecule has 0 aromatic heterocycles. The first-order valence-electron chi connectivity index (χ1n) is 24.4. The van der Waals surface area contributed by atoms with E-state index in [1.807, 2.05) is 0 Å². The van der Waals surface area contributed by atoms with Crippen molar-refractivity contribution in [1.82, 2.24) is 47.4 Å². The number of aliphatic carboxylic acids is 2. The van der Waals surface area contributed by atoms with Gasteiger partial charge in [-0.25, -0.2) is 0 Å². The molecular weight excluding hydrogens is 973 g/mol. The smallest absolute Gasteiger partial charge is 0.305 e. The molecule has 1 aliphatic rings. The van der Waals surface area contributed by atoms with Gasteiger partial charge in [0.1, 0.15) is 48.0 Å². The fraction of sp³-hybridized carbons (Fsp3) is 0.617. The Bertz CT molecular complexity index is 2160. The summed E-state index contributed by atoms with van der Waals surface area (Å²) in [7, 11) is 0. The molecule has 8 atom stereocenters. The van der Waals surface area contributed by atoms with Crippen LogP contribution in [-0.2, 0) is 64.0 Å². The number of phenols is 1. The van der Waals surface area contributed by atoms with Crippen LogP contribution in [0.5, 0.6) is 5.75 Å². The Kier molecular flexibility index (Phi) is 26.5. The highest BCUT2D eigenvalue weighted by atomic mass is 16.4. The molecule has 1 saturated heterocycles. The maximum Gasteiger partial charge on any atom is 0.305 e. The van der Waals surface area contributed by atoms with Crippen LogP contribution in [0.4, 0.5) is 0 Å². The monoisotopic (exact) mass is 1050 g/mol. The zero-order valence-electron chi connectivity index (χ0n) is 42.4. The molecule has 0 unspecified atom stereocenters. The molecule has 1 aromatic carbocycles. The van der Waals surface area contributed by atoms with Gasteiger partial charge < -0.3 is 80.0 Å². The summed E-state index contributed by atoms with van der Waals surface area (Å²) in [4.78, 5) is 156. The van der Waals surface area contributed by atoms with Crippen LogP contribution in [0.15, 0.2) is 24.3 Å². The number of primary amides is 1. The van der Waals surface area contributed by atoms with Crippen molar-refractivity contribution in [3.8, 4) is 5.75 Å². The molecule has 0 bridgehead atoms. The molecule has 0 radical (unpaired) electrons. The SMILES string of the molecule is CC(C)C[C@H](NC(=O)[C@H](CCCCN)NC(=O)[C@@H]1CCCN1C(=O)[C@H](CCC(=O)O)NC(=O)CNC(=O)[C@@H](N)Cc1ccc(O)cc1)C(=O)N[C@@H](CC(=O)O)C(=O)N[C@@H](C)C(=O)NCC(=O)N[C@H](C(N)=O)C(C)C. The van der Waals surface area contributed by atoms with Gasteiger partial charge in [-0.2, -0.15) is 0 Å². The van der Waals surface area contributed by atoms with Crippen molar-refractivity contribution < 1.29 is 72.9 Å². The standard InChI is InChI=1S/C47H74N12O15/c1-24(2)19-32(45(72)57-33(21-38(65)66)44(71)53-26(5)41(68)51-23-36(62)58-39(25(3)4)40(50)67)56-43(70)30(9-6-7-17-48)55-46(73)34-10-8-18-59(34)47(74)31(15-16-37(63)64)54-35(61)22-52-42(69)29(49)20-27-11-13-28(60)14-12-27/h11-14,24-26,29-34,39,60H,6-10,15-23,48-49H2,1-5H3,(H2,50,67)(H,51,68)(H,52,69)(H,53,71)(H,54,61)(H,55,73)(H,56,70)(H,57,72)(H,58,62)(H,63,64)(H,65,66)/t26-,29-,30-,31-,32-,33-,34-,39-/m0/s1. The van der Waals surface area contributed by atoms with Gasteiger partial charge in [-0.3, -0.25) is 57.5 Å². The topological polar surface area (TPSA) is 443 Å². The molecule has 0 saturated carbocycles. The minimum Gasteiger partial charge on any atom is -0.508 e. The third-order valence-electron chi connectivity index (χ3n) is 11.7. The lowest BCUT2D eigenvalue weighted by Gasteiger charge is -2.30. The fourth-order valence-electron chi connectivity index (χ4n) is 7.70. The van der Waals surface area contributed by atoms with Gasteiger partial charge in [-0.15, -0.1) is 0 Å². The summed E-state index contributed by atoms with van der Waals surface area (Å²) in [5.74, 6) is -11.9. The largest absolute Gasteiger partial charge is 0.508 e. The first-order valence-corrected chi connectivity index (χ1v) is 24.4. The molecule has 2 rings (SSSR count). The van der Waals surface area contributed by atoms with Crippen LogP contribution in [0.1, 0.15) is 98.0 Å². The second kappa shape index (κ2) is 31.2. The van der Waals surface area contributed by atoms with E-state index >= 15 is 0 Å². The molecular formula is C47H74N12O15. The van der Waals surface area contributed by atoms with Crippen LogP contribution in [0, 0.1) is 11.8 Å². The number of carboxylic acids is 2. The van der Waals surface area contributed by atoms with Gasteiger partial charge in [-0.05, 0) is 94.4 Å². The molecule has 1 heterocycles. The lowest BCUT2D eigenvalue weighted by atomic mass is 10.0. The number of nitrogens with two attached hydrogens (primary N) is 3. The summed E-state index contributed by atoms with van der Waals surface area (Å²) in [5, 5.41) is 47.9. The molecule has 0 spiro atoms. The molecule has 10 amide bonds. The Labute approximate surface area is 428 Å². The number of likely N-dealkylation sites (tertiary alicyclic amines) is 1. The lowest BCUT2D eigenvalue weighted by molar-refractivity contribution is -0.143. The fourth-order valence-corrected chi connectivity index (χ4v) is 7.70. The van der Waals surface area contributed by atoms with Gasteiger partial charge in [-0.1, -0.05) is 39.8 Å². The minimum atomic E-state index is -1.78. The second-order valence-corrected chi connectivity index (χ2v) is 18.8. The van der Waals surface area contributed by atoms with Crippen molar-refractivity contribution in [1.29, 1.82) is 0 Å². The molecule has 17 N–H and O–H groups in total. The molecule has 74 heavy (non-hydrogen) atoms. The lowest BCUT2D eigenvalue weighted by Crippen LogP contribution is -2.60. The van der Waals surface area contributed by atoms with Crippen molar-refractivity contribution in [2.75, 3.05) is 26.2 Å². The van der Waals surface area contributed by atoms with E-state index in [1.54, 1.807) is 39.8 Å². The summed E-state index contributed by atoms with van der Waals surface area (Å²) in [6, 6.07) is -4.64. The zero-order valence-corrected chi connectivity index (χ0v) is 42.4. The van der Waals surface area contributed by atoms with Crippen LogP contribution in [-0.4, -0.2) is 166 Å². The summed E-state index contributed by atoms with van der Waals surface area (Å²) in [6.07, 6.45) is -0.707. The Morgan fingerprint density at radius 2 is 1.26 bits per heavy atom. The van der Waals surface area contributed by atoms with Gasteiger partial charge in [0, 0.05) is 13.0 Å². The van der Waals surface area contributed by atoms with Crippen molar-refractivity contribution in [3.63, 3.8) is 0 Å². The molecule has 1 fully saturated rings. The number of carboxylic acid groups (broad SMARTS) is 2. The number of carbonyl (C=O) groups excluding carboxylic acids is 10. The maximum absolute atomic E-state index is 14.0. The van der Waals surface area contributed by atoms with E-state index in [1.165, 1.54) is 19.1 Å². The average Bonchev–Trinajstić information content (AvgIpc) is 3.82. The average molecular weight is 1050 g/mol. The number of hydrogen-bond acceptors (Lipinski definition) is 15. The maximum atomic E-state index is 14.0. The Morgan fingerprint density at radius 1 is 0.676 bits per heavy atom. The molecule has 412 valence electrons. The first-order chi connectivity index (χ1) is 34.7. The Morgan fingerprint density at radius 3 is 1.82 bits per heavy atom. The van der Waals surface area contributed by atoms with Crippen LogP contribution in [0.3, 0.4) is 0 Å². The quantitative estimate of drug-likeness (QED) is 0.0307. The normalized spacial score (nSPS) is 16.0. The number of rotatable bonds is 32. The molecule has 27 nitrogen and oxygen atoms in total. The highest BCUT2D eigenvalue weighted by Crippen LogP contribution is 2.21. The van der Waals surface area contributed by atoms with Crippen molar-refractivity contribution in [3.05, 3.63) is 29.8 Å². The predicted octanol–water partition coefficient (Wildman–Crippen LogP) is -3.93. The Hall–Kier alpha value is -7.42. The van der Waals surface area contributed by atoms with E-state index in [0.717, 1.165) is 4.90 Å². The zero-order chi connectivity index (χ0) is 55.8. The number of nitrogens with zero attached hydrogens (tertiary/aromatic N) is 1. The molecule has 27 heteroatoms. The van der Waals surface area contributed by atoms with Crippen LogP contribution >= 0.6 is 0 Å². The molecule has 0 aliphatic carbocycles. The predicted molar refractivity (Wildman–Crippen MR) is 263 cm³/mol. The van der Waals surface area contributed by atoms with E-state index in [0.29, 0.717) is 24.8 Å². The second-order valence-electron chi connectivity index (χ2n) is 18.8. The number of phenolic OH excluding ortho intramolecular Hbond substituents is 1. The van der Waals surface area contributed by atoms with E-state index < -0.39 is 145 Å². The summed E-state index contributed by atoms with van der Waals surface area (Å²) < 4.78 is 0. The highest BCUT2D eigenvalue weighted by molar-refractivity contribution is 5.99. The third kappa shape index (κ3) is 22.1. The van der Waals surface area contributed by atoms with Crippen molar-refractivity contribution >= 4 is 71.0 Å². The van der Waals surface area contributed by atoms with E-state index in [4.69, 9.17) is 17.2 Å². The highest BCUT2D eigenvalue weighted by Gasteiger charge is 2.40. The molecule has 1 aromatic rings. The summed E-state index contributed by atoms with van der Waals surface area (Å²) in [6.45, 7) is 6.96. The van der Waals surface area contributed by atoms with Crippen molar-refractivity contribution in [2.45, 2.75) is 147 Å². The van der Waals surface area contributed by atoms with E-state index in [9.17, 15) is 72.9 Å². The number of amides is 10. The first kappa shape index (κ1) is 62.7. The van der Waals surface area contributed by atoms with Crippen LogP contribution in [0.2, 0.25) is 0 Å². The van der Waals surface area contributed by atoms with Gasteiger partial charge >= 0.3 is 11.9 Å². The number of benzene rings is 1. The number of unbranched alkanes of at least 4 members (excludes halogenated alkanes) is 1. The van der Waals surface area contributed by atoms with Crippen LogP contribution in [0.25, 0.3) is 0 Å². The van der Waals surface area contributed by atoms with Gasteiger partial charge in [0.05, 0.1) is 25.6 Å². The van der Waals surface area contributed by atoms with Crippen molar-refractivity contribution in [2.24, 2.45) is 29.0 Å².